The van der Waals surface area contributed by atoms with Gasteiger partial charge in [0.25, 0.3) is 10.2 Å². The molecule has 7 heteroatoms. The van der Waals surface area contributed by atoms with Crippen LogP contribution in [-0.2, 0) is 14.9 Å². The fourth-order valence-corrected chi connectivity index (χ4v) is 3.03. The summed E-state index contributed by atoms with van der Waals surface area (Å²) in [7, 11) is -1.72. The Morgan fingerprint density at radius 1 is 1.37 bits per heavy atom. The Bertz CT molecular complexity index is 342. The molecule has 0 radical (unpaired) electrons. The lowest BCUT2D eigenvalue weighted by Crippen LogP contribution is -2.49. The number of morpholine rings is 1. The Kier molecular flexibility index (Phi) is 7.23. The quantitative estimate of drug-likeness (QED) is 0.698. The van der Waals surface area contributed by atoms with Crippen molar-refractivity contribution in [2.24, 2.45) is 0 Å². The average Bonchev–Trinajstić information content (AvgIpc) is 2.43. The van der Waals surface area contributed by atoms with E-state index in [2.05, 4.69) is 9.62 Å². The Balaban J connectivity index is 2.36. The van der Waals surface area contributed by atoms with Crippen molar-refractivity contribution in [3.8, 4) is 0 Å². The first-order valence-corrected chi connectivity index (χ1v) is 8.44. The SMILES string of the molecule is CCCCN(C)S(=O)(=O)NC[C@H](C)N1CCOCC1. The summed E-state index contributed by atoms with van der Waals surface area (Å²) in [6.45, 7) is 8.30. The zero-order valence-corrected chi connectivity index (χ0v) is 13.1. The number of nitrogens with zero attached hydrogens (tertiary/aromatic N) is 2. The predicted molar refractivity (Wildman–Crippen MR) is 76.3 cm³/mol. The van der Waals surface area contributed by atoms with Crippen molar-refractivity contribution < 1.29 is 13.2 Å². The van der Waals surface area contributed by atoms with E-state index in [1.807, 2.05) is 13.8 Å². The van der Waals surface area contributed by atoms with Gasteiger partial charge in [-0.05, 0) is 13.3 Å². The van der Waals surface area contributed by atoms with E-state index >= 15 is 0 Å². The highest BCUT2D eigenvalue weighted by Crippen LogP contribution is 2.04. The monoisotopic (exact) mass is 293 g/mol. The van der Waals surface area contributed by atoms with Gasteiger partial charge in [0.2, 0.25) is 0 Å². The van der Waals surface area contributed by atoms with Gasteiger partial charge in [0.05, 0.1) is 13.2 Å². The Morgan fingerprint density at radius 3 is 2.58 bits per heavy atom. The molecule has 1 aliphatic rings. The molecule has 0 aliphatic carbocycles. The van der Waals surface area contributed by atoms with Gasteiger partial charge in [0.1, 0.15) is 0 Å². The molecule has 19 heavy (non-hydrogen) atoms. The van der Waals surface area contributed by atoms with Gasteiger partial charge in [0.15, 0.2) is 0 Å². The molecule has 1 saturated heterocycles. The van der Waals surface area contributed by atoms with Crippen LogP contribution in [0.5, 0.6) is 0 Å². The van der Waals surface area contributed by atoms with E-state index in [0.717, 1.165) is 39.1 Å². The second-order valence-corrected chi connectivity index (χ2v) is 6.89. The molecule has 1 atom stereocenters. The van der Waals surface area contributed by atoms with Crippen molar-refractivity contribution in [2.75, 3.05) is 46.4 Å². The van der Waals surface area contributed by atoms with Gasteiger partial charge >= 0.3 is 0 Å². The second kappa shape index (κ2) is 8.16. The molecule has 0 aromatic heterocycles. The van der Waals surface area contributed by atoms with Crippen molar-refractivity contribution in [3.05, 3.63) is 0 Å². The maximum absolute atomic E-state index is 12.0. The molecular formula is C12H27N3O3S. The molecule has 114 valence electrons. The van der Waals surface area contributed by atoms with Crippen molar-refractivity contribution in [1.29, 1.82) is 0 Å². The first-order valence-electron chi connectivity index (χ1n) is 7.00. The number of hydrogen-bond donors (Lipinski definition) is 1. The summed E-state index contributed by atoms with van der Waals surface area (Å²) < 4.78 is 33.4. The summed E-state index contributed by atoms with van der Waals surface area (Å²) in [5, 5.41) is 0. The van der Waals surface area contributed by atoms with Crippen LogP contribution in [0.4, 0.5) is 0 Å². The van der Waals surface area contributed by atoms with Gasteiger partial charge in [-0.15, -0.1) is 0 Å². The average molecular weight is 293 g/mol. The van der Waals surface area contributed by atoms with Gasteiger partial charge < -0.3 is 4.74 Å². The predicted octanol–water partition coefficient (Wildman–Crippen LogP) is 0.273. The van der Waals surface area contributed by atoms with Gasteiger partial charge in [-0.2, -0.15) is 12.7 Å². The lowest BCUT2D eigenvalue weighted by atomic mass is 10.2. The number of ether oxygens (including phenoxy) is 1. The number of rotatable bonds is 8. The molecule has 0 unspecified atom stereocenters. The van der Waals surface area contributed by atoms with E-state index in [1.54, 1.807) is 7.05 Å². The molecule has 0 saturated carbocycles. The van der Waals surface area contributed by atoms with E-state index < -0.39 is 10.2 Å². The maximum atomic E-state index is 12.0. The number of hydrogen-bond acceptors (Lipinski definition) is 4. The Labute approximate surface area is 117 Å². The smallest absolute Gasteiger partial charge is 0.279 e. The molecule has 1 fully saturated rings. The van der Waals surface area contributed by atoms with Crippen LogP contribution in [0.1, 0.15) is 26.7 Å². The summed E-state index contributed by atoms with van der Waals surface area (Å²) in [6.07, 6.45) is 1.88. The minimum atomic E-state index is -3.34. The Hall–Kier alpha value is -0.210. The van der Waals surface area contributed by atoms with Crippen LogP contribution in [0.3, 0.4) is 0 Å². The lowest BCUT2D eigenvalue weighted by molar-refractivity contribution is 0.0213. The van der Waals surface area contributed by atoms with E-state index in [-0.39, 0.29) is 6.04 Å². The van der Waals surface area contributed by atoms with E-state index in [9.17, 15) is 8.42 Å². The minimum Gasteiger partial charge on any atom is -0.379 e. The van der Waals surface area contributed by atoms with Crippen LogP contribution in [0, 0.1) is 0 Å². The summed E-state index contributed by atoms with van der Waals surface area (Å²) >= 11 is 0. The van der Waals surface area contributed by atoms with Crippen LogP contribution in [0.15, 0.2) is 0 Å². The topological polar surface area (TPSA) is 61.9 Å². The molecule has 6 nitrogen and oxygen atoms in total. The van der Waals surface area contributed by atoms with Crippen LogP contribution in [-0.4, -0.2) is 70.1 Å². The number of unbranched alkanes of at least 4 members (excludes halogenated alkanes) is 1. The third-order valence-electron chi connectivity index (χ3n) is 3.47. The number of nitrogens with one attached hydrogen (secondary N) is 1. The van der Waals surface area contributed by atoms with Crippen molar-refractivity contribution in [3.63, 3.8) is 0 Å². The third kappa shape index (κ3) is 5.74. The molecule has 0 amide bonds. The standard InChI is InChI=1S/C12H27N3O3S/c1-4-5-6-14(3)19(16,17)13-11-12(2)15-7-9-18-10-8-15/h12-13H,4-11H2,1-3H3/t12-/m0/s1. The highest BCUT2D eigenvalue weighted by molar-refractivity contribution is 7.87. The fourth-order valence-electron chi connectivity index (χ4n) is 1.98. The van der Waals surface area contributed by atoms with Gasteiger partial charge in [-0.3, -0.25) is 4.90 Å². The van der Waals surface area contributed by atoms with Crippen LogP contribution >= 0.6 is 0 Å². The molecule has 1 heterocycles. The van der Waals surface area contributed by atoms with Gasteiger partial charge in [0, 0.05) is 39.3 Å². The van der Waals surface area contributed by atoms with Gasteiger partial charge in [-0.1, -0.05) is 13.3 Å². The summed E-state index contributed by atoms with van der Waals surface area (Å²) in [5.74, 6) is 0. The summed E-state index contributed by atoms with van der Waals surface area (Å²) in [5.41, 5.74) is 0. The molecular weight excluding hydrogens is 266 g/mol. The van der Waals surface area contributed by atoms with Gasteiger partial charge in [-0.25, -0.2) is 4.72 Å². The second-order valence-electron chi connectivity index (χ2n) is 5.03. The molecule has 0 spiro atoms. The summed E-state index contributed by atoms with van der Waals surface area (Å²) in [4.78, 5) is 2.25. The Morgan fingerprint density at radius 2 is 2.00 bits per heavy atom. The largest absolute Gasteiger partial charge is 0.379 e. The molecule has 1 aliphatic heterocycles. The molecule has 1 rings (SSSR count). The van der Waals surface area contributed by atoms with Crippen LogP contribution in [0.25, 0.3) is 0 Å². The third-order valence-corrected chi connectivity index (χ3v) is 5.00. The molecule has 0 aromatic carbocycles. The molecule has 1 N–H and O–H groups in total. The fraction of sp³-hybridized carbons (Fsp3) is 1.00. The first kappa shape index (κ1) is 16.8. The van der Waals surface area contributed by atoms with Crippen molar-refractivity contribution >= 4 is 10.2 Å². The minimum absolute atomic E-state index is 0.193. The zero-order valence-electron chi connectivity index (χ0n) is 12.3. The van der Waals surface area contributed by atoms with Crippen molar-refractivity contribution in [1.82, 2.24) is 13.9 Å². The molecule has 0 bridgehead atoms. The maximum Gasteiger partial charge on any atom is 0.279 e. The van der Waals surface area contributed by atoms with E-state index in [4.69, 9.17) is 4.74 Å². The molecule has 0 aromatic rings. The van der Waals surface area contributed by atoms with E-state index in [0.29, 0.717) is 13.1 Å². The van der Waals surface area contributed by atoms with Crippen LogP contribution < -0.4 is 4.72 Å². The normalized spacial score (nSPS) is 19.8. The first-order chi connectivity index (χ1) is 8.97. The zero-order chi connectivity index (χ0) is 14.3. The van der Waals surface area contributed by atoms with Crippen LogP contribution in [0.2, 0.25) is 0 Å². The van der Waals surface area contributed by atoms with E-state index in [1.165, 1.54) is 4.31 Å². The highest BCUT2D eigenvalue weighted by Gasteiger charge is 2.21. The van der Waals surface area contributed by atoms with Crippen molar-refractivity contribution in [2.45, 2.75) is 32.7 Å². The highest BCUT2D eigenvalue weighted by atomic mass is 32.2. The summed E-state index contributed by atoms with van der Waals surface area (Å²) in [6, 6.07) is 0.193. The lowest BCUT2D eigenvalue weighted by Gasteiger charge is -2.32.